The maximum atomic E-state index is 13.5. The van der Waals surface area contributed by atoms with Crippen LogP contribution >= 0.6 is 0 Å². The van der Waals surface area contributed by atoms with Crippen LogP contribution in [-0.2, 0) is 16.5 Å². The van der Waals surface area contributed by atoms with Crippen molar-refractivity contribution in [2.24, 2.45) is 0 Å². The summed E-state index contributed by atoms with van der Waals surface area (Å²) < 4.78 is 45.9. The second kappa shape index (κ2) is 8.27. The zero-order valence-electron chi connectivity index (χ0n) is 17.3. The molecule has 1 N–H and O–H groups in total. The Labute approximate surface area is 182 Å². The lowest BCUT2D eigenvalue weighted by Gasteiger charge is -2.19. The number of hydrogen-bond acceptors (Lipinski definition) is 6. The van der Waals surface area contributed by atoms with Gasteiger partial charge in [-0.05, 0) is 49.6 Å². The summed E-state index contributed by atoms with van der Waals surface area (Å²) in [6.45, 7) is 1.67. The third kappa shape index (κ3) is 4.31. The Morgan fingerprint density at radius 3 is 2.38 bits per heavy atom. The first kappa shape index (κ1) is 21.8. The van der Waals surface area contributed by atoms with Crippen molar-refractivity contribution in [2.45, 2.75) is 37.6 Å². The van der Waals surface area contributed by atoms with Gasteiger partial charge < -0.3 is 10.1 Å². The first-order chi connectivity index (χ1) is 15.2. The normalized spacial score (nSPS) is 15.8. The van der Waals surface area contributed by atoms with Crippen LogP contribution in [0.2, 0.25) is 0 Å². The molecule has 0 aliphatic heterocycles. The highest BCUT2D eigenvalue weighted by Crippen LogP contribution is 2.49. The molecule has 3 aromatic rings. The summed E-state index contributed by atoms with van der Waals surface area (Å²) in [5.41, 5.74) is -0.660. The molecule has 0 radical (unpaired) electrons. The summed E-state index contributed by atoms with van der Waals surface area (Å²) in [6.07, 6.45) is 2.65. The number of carbonyl (C=O) groups excluding carboxylic acids is 1. The second-order valence-corrected chi connectivity index (χ2v) is 7.55. The molecule has 2 aromatic heterocycles. The van der Waals surface area contributed by atoms with Gasteiger partial charge in [0, 0.05) is 37.5 Å². The first-order valence-corrected chi connectivity index (χ1v) is 9.90. The predicted octanol–water partition coefficient (Wildman–Crippen LogP) is 4.08. The zero-order chi connectivity index (χ0) is 22.9. The molecule has 7 nitrogen and oxygen atoms in total. The van der Waals surface area contributed by atoms with Crippen LogP contribution in [0.25, 0.3) is 11.5 Å². The van der Waals surface area contributed by atoms with Crippen LogP contribution < -0.4 is 5.32 Å². The van der Waals surface area contributed by atoms with Gasteiger partial charge >= 0.3 is 6.18 Å². The van der Waals surface area contributed by atoms with E-state index in [1.54, 1.807) is 25.4 Å². The highest BCUT2D eigenvalue weighted by molar-refractivity contribution is 5.95. The monoisotopic (exact) mass is 443 g/mol. The molecule has 0 bridgehead atoms. The maximum Gasteiger partial charge on any atom is 0.416 e. The van der Waals surface area contributed by atoms with Crippen molar-refractivity contribution < 1.29 is 22.7 Å². The average Bonchev–Trinajstić information content (AvgIpc) is 3.60. The minimum atomic E-state index is -4.59. The van der Waals surface area contributed by atoms with Crippen LogP contribution in [0.1, 0.15) is 53.0 Å². The molecule has 1 fully saturated rings. The zero-order valence-corrected chi connectivity index (χ0v) is 17.3. The van der Waals surface area contributed by atoms with E-state index in [2.05, 4.69) is 25.3 Å². The fourth-order valence-electron chi connectivity index (χ4n) is 3.52. The van der Waals surface area contributed by atoms with Crippen molar-refractivity contribution >= 4 is 5.91 Å². The number of aromatic nitrogens is 4. The summed E-state index contributed by atoms with van der Waals surface area (Å²) >= 11 is 0. The number of hydrogen-bond donors (Lipinski definition) is 1. The van der Waals surface area contributed by atoms with E-state index in [0.29, 0.717) is 35.6 Å². The SMILES string of the molecule is COC1(c2cc(C(=O)NC(C)c3nccnc3-c3ncccn3)cc(C(F)(F)F)c2)CC1. The van der Waals surface area contributed by atoms with Crippen molar-refractivity contribution in [3.8, 4) is 11.5 Å². The Balaban J connectivity index is 1.65. The standard InChI is InChI=1S/C22H20F3N5O2/c1-13(17-18(27-9-8-26-17)19-28-6-3-7-29-19)30-20(31)14-10-15(21(32-2)4-5-21)12-16(11-14)22(23,24)25/h3,6-13H,4-5H2,1-2H3,(H,30,31). The Kier molecular flexibility index (Phi) is 5.64. The first-order valence-electron chi connectivity index (χ1n) is 9.90. The van der Waals surface area contributed by atoms with Gasteiger partial charge in [-0.25, -0.2) is 15.0 Å². The Bertz CT molecular complexity index is 1130. The molecule has 1 atom stereocenters. The van der Waals surface area contributed by atoms with Crippen LogP contribution in [0.15, 0.2) is 49.1 Å². The fraction of sp³-hybridized carbons (Fsp3) is 0.318. The number of rotatable bonds is 6. The lowest BCUT2D eigenvalue weighted by atomic mass is 9.99. The van der Waals surface area contributed by atoms with Gasteiger partial charge in [0.15, 0.2) is 5.82 Å². The van der Waals surface area contributed by atoms with Crippen molar-refractivity contribution in [3.63, 3.8) is 0 Å². The minimum Gasteiger partial charge on any atom is -0.374 e. The molecule has 32 heavy (non-hydrogen) atoms. The maximum absolute atomic E-state index is 13.5. The number of amides is 1. The van der Waals surface area contributed by atoms with Crippen LogP contribution in [0.3, 0.4) is 0 Å². The molecule has 4 rings (SSSR count). The van der Waals surface area contributed by atoms with E-state index >= 15 is 0 Å². The van der Waals surface area contributed by atoms with Gasteiger partial charge in [-0.1, -0.05) is 0 Å². The van der Waals surface area contributed by atoms with Crippen LogP contribution in [0, 0.1) is 0 Å². The average molecular weight is 443 g/mol. The molecule has 10 heteroatoms. The molecule has 1 amide bonds. The smallest absolute Gasteiger partial charge is 0.374 e. The molecule has 0 spiro atoms. The number of nitrogens with one attached hydrogen (secondary N) is 1. The van der Waals surface area contributed by atoms with Gasteiger partial charge in [0.05, 0.1) is 22.9 Å². The minimum absolute atomic E-state index is 0.105. The Hall–Kier alpha value is -3.40. The van der Waals surface area contributed by atoms with Crippen molar-refractivity contribution in [3.05, 3.63) is 71.4 Å². The van der Waals surface area contributed by atoms with Crippen LogP contribution in [0.4, 0.5) is 13.2 Å². The molecule has 2 heterocycles. The summed E-state index contributed by atoms with van der Waals surface area (Å²) in [6, 6.07) is 4.33. The van der Waals surface area contributed by atoms with E-state index in [4.69, 9.17) is 4.74 Å². The molecule has 0 saturated heterocycles. The molecule has 1 unspecified atom stereocenters. The summed E-state index contributed by atoms with van der Waals surface area (Å²) in [7, 11) is 1.45. The third-order valence-corrected chi connectivity index (χ3v) is 5.41. The van der Waals surface area contributed by atoms with Gasteiger partial charge in [0.25, 0.3) is 5.91 Å². The van der Waals surface area contributed by atoms with Crippen molar-refractivity contribution in [1.82, 2.24) is 25.3 Å². The van der Waals surface area contributed by atoms with E-state index in [0.717, 1.165) is 12.1 Å². The topological polar surface area (TPSA) is 89.9 Å². The summed E-state index contributed by atoms with van der Waals surface area (Å²) in [5, 5.41) is 2.71. The number of benzene rings is 1. The molecular weight excluding hydrogens is 423 g/mol. The Morgan fingerprint density at radius 2 is 1.75 bits per heavy atom. The van der Waals surface area contributed by atoms with Crippen LogP contribution in [0.5, 0.6) is 0 Å². The predicted molar refractivity (Wildman–Crippen MR) is 108 cm³/mol. The van der Waals surface area contributed by atoms with E-state index in [9.17, 15) is 18.0 Å². The third-order valence-electron chi connectivity index (χ3n) is 5.41. The second-order valence-electron chi connectivity index (χ2n) is 7.55. The molecule has 166 valence electrons. The van der Waals surface area contributed by atoms with Crippen molar-refractivity contribution in [1.29, 1.82) is 0 Å². The van der Waals surface area contributed by atoms with Gasteiger partial charge in [-0.3, -0.25) is 9.78 Å². The van der Waals surface area contributed by atoms with E-state index in [-0.39, 0.29) is 5.56 Å². The largest absolute Gasteiger partial charge is 0.416 e. The van der Waals surface area contributed by atoms with E-state index in [1.807, 2.05) is 0 Å². The lowest BCUT2D eigenvalue weighted by Crippen LogP contribution is -2.28. The lowest BCUT2D eigenvalue weighted by molar-refractivity contribution is -0.137. The highest BCUT2D eigenvalue weighted by Gasteiger charge is 2.46. The van der Waals surface area contributed by atoms with E-state index < -0.39 is 29.3 Å². The highest BCUT2D eigenvalue weighted by atomic mass is 19.4. The molecule has 1 aliphatic carbocycles. The quantitative estimate of drug-likeness (QED) is 0.618. The number of carbonyl (C=O) groups is 1. The molecule has 1 aromatic carbocycles. The van der Waals surface area contributed by atoms with E-state index in [1.165, 1.54) is 25.6 Å². The fourth-order valence-corrected chi connectivity index (χ4v) is 3.52. The van der Waals surface area contributed by atoms with Crippen LogP contribution in [-0.4, -0.2) is 33.0 Å². The number of nitrogens with zero attached hydrogens (tertiary/aromatic N) is 4. The number of halogens is 3. The van der Waals surface area contributed by atoms with Gasteiger partial charge in [-0.15, -0.1) is 0 Å². The summed E-state index contributed by atoms with van der Waals surface area (Å²) in [5.74, 6) is -0.337. The summed E-state index contributed by atoms with van der Waals surface area (Å²) in [4.78, 5) is 29.8. The number of alkyl halides is 3. The number of methoxy groups -OCH3 is 1. The van der Waals surface area contributed by atoms with Gasteiger partial charge in [-0.2, -0.15) is 13.2 Å². The van der Waals surface area contributed by atoms with Gasteiger partial charge in [0.1, 0.15) is 5.69 Å². The molecular formula is C22H20F3N5O2. The molecule has 1 aliphatic rings. The van der Waals surface area contributed by atoms with Gasteiger partial charge in [0.2, 0.25) is 0 Å². The Morgan fingerprint density at radius 1 is 1.06 bits per heavy atom. The van der Waals surface area contributed by atoms with Crippen molar-refractivity contribution in [2.75, 3.05) is 7.11 Å². The number of ether oxygens (including phenoxy) is 1. The molecule has 1 saturated carbocycles.